The van der Waals surface area contributed by atoms with Crippen LogP contribution in [0, 0.1) is 16.7 Å². The maximum Gasteiger partial charge on any atom is 0.314 e. The predicted molar refractivity (Wildman–Crippen MR) is 51.6 cm³/mol. The van der Waals surface area contributed by atoms with Crippen molar-refractivity contribution < 1.29 is 14.6 Å². The minimum absolute atomic E-state index is 0.112. The molecule has 0 aliphatic heterocycles. The van der Waals surface area contributed by atoms with Gasteiger partial charge in [-0.3, -0.25) is 4.79 Å². The van der Waals surface area contributed by atoms with Gasteiger partial charge in [-0.25, -0.2) is 0 Å². The Morgan fingerprint density at radius 1 is 1.50 bits per heavy atom. The van der Waals surface area contributed by atoms with E-state index >= 15 is 0 Å². The number of methoxy groups -OCH3 is 1. The molecule has 3 heteroatoms. The summed E-state index contributed by atoms with van der Waals surface area (Å²) in [5.41, 5.74) is -0.744. The number of rotatable bonds is 1. The standard InChI is InChI=1S/C11H18O3/c1-10(2)7-4-5-11(10,8(12)6-7)9(13)14-3/h7-8,12H,4-6H2,1-3H3/t7-,8+,11+/m0/s1. The first-order valence-electron chi connectivity index (χ1n) is 5.23. The first-order chi connectivity index (χ1) is 6.46. The van der Waals surface area contributed by atoms with Crippen LogP contribution in [0.2, 0.25) is 0 Å². The fraction of sp³-hybridized carbons (Fsp3) is 0.909. The van der Waals surface area contributed by atoms with Crippen molar-refractivity contribution in [2.75, 3.05) is 7.11 Å². The van der Waals surface area contributed by atoms with Gasteiger partial charge in [0.2, 0.25) is 0 Å². The molecule has 2 aliphatic carbocycles. The molecule has 0 saturated heterocycles. The van der Waals surface area contributed by atoms with Gasteiger partial charge in [-0.05, 0) is 30.6 Å². The Kier molecular flexibility index (Phi) is 1.94. The summed E-state index contributed by atoms with van der Waals surface area (Å²) < 4.78 is 4.86. The zero-order chi connectivity index (χ0) is 10.6. The van der Waals surface area contributed by atoms with Crippen LogP contribution in [0.15, 0.2) is 0 Å². The molecule has 0 radical (unpaired) electrons. The number of esters is 1. The van der Waals surface area contributed by atoms with Crippen molar-refractivity contribution in [2.45, 2.75) is 39.2 Å². The van der Waals surface area contributed by atoms with Gasteiger partial charge in [-0.15, -0.1) is 0 Å². The Balaban J connectivity index is 2.44. The van der Waals surface area contributed by atoms with E-state index in [4.69, 9.17) is 4.74 Å². The lowest BCUT2D eigenvalue weighted by atomic mass is 9.68. The van der Waals surface area contributed by atoms with Crippen molar-refractivity contribution in [2.24, 2.45) is 16.7 Å². The monoisotopic (exact) mass is 198 g/mol. The molecule has 2 fully saturated rings. The van der Waals surface area contributed by atoms with Gasteiger partial charge in [-0.1, -0.05) is 13.8 Å². The molecule has 0 unspecified atom stereocenters. The molecule has 3 nitrogen and oxygen atoms in total. The SMILES string of the molecule is COC(=O)[C@@]12CC[C@@H](C[C@H]1O)C2(C)C. The summed E-state index contributed by atoms with van der Waals surface area (Å²) in [6, 6.07) is 0. The first-order valence-corrected chi connectivity index (χ1v) is 5.23. The van der Waals surface area contributed by atoms with E-state index in [1.165, 1.54) is 7.11 Å². The summed E-state index contributed by atoms with van der Waals surface area (Å²) in [5, 5.41) is 10.0. The number of carbonyl (C=O) groups excluding carboxylic acids is 1. The number of aliphatic hydroxyl groups excluding tert-OH is 1. The minimum atomic E-state index is -0.633. The lowest BCUT2D eigenvalue weighted by molar-refractivity contribution is -0.165. The molecule has 3 atom stereocenters. The van der Waals surface area contributed by atoms with Crippen LogP contribution in [0.4, 0.5) is 0 Å². The van der Waals surface area contributed by atoms with Crippen molar-refractivity contribution in [1.82, 2.24) is 0 Å². The second-order valence-electron chi connectivity index (χ2n) is 5.17. The number of hydrogen-bond donors (Lipinski definition) is 1. The van der Waals surface area contributed by atoms with Crippen LogP contribution in [-0.2, 0) is 9.53 Å². The Morgan fingerprint density at radius 2 is 2.14 bits per heavy atom. The number of fused-ring (bicyclic) bond motifs is 2. The van der Waals surface area contributed by atoms with Crippen molar-refractivity contribution >= 4 is 5.97 Å². The van der Waals surface area contributed by atoms with Crippen molar-refractivity contribution in [3.05, 3.63) is 0 Å². The topological polar surface area (TPSA) is 46.5 Å². The summed E-state index contributed by atoms with van der Waals surface area (Å²) in [4.78, 5) is 11.8. The molecule has 2 rings (SSSR count). The van der Waals surface area contributed by atoms with Crippen LogP contribution in [0.3, 0.4) is 0 Å². The number of aliphatic hydroxyl groups is 1. The summed E-state index contributed by atoms with van der Waals surface area (Å²) >= 11 is 0. The Bertz CT molecular complexity index is 272. The third kappa shape index (κ3) is 0.842. The fourth-order valence-corrected chi connectivity index (χ4v) is 3.61. The largest absolute Gasteiger partial charge is 0.469 e. The zero-order valence-corrected chi connectivity index (χ0v) is 9.04. The van der Waals surface area contributed by atoms with E-state index < -0.39 is 11.5 Å². The van der Waals surface area contributed by atoms with E-state index in [1.807, 2.05) is 0 Å². The van der Waals surface area contributed by atoms with Gasteiger partial charge in [0.05, 0.1) is 18.6 Å². The summed E-state index contributed by atoms with van der Waals surface area (Å²) in [5.74, 6) is 0.242. The summed E-state index contributed by atoms with van der Waals surface area (Å²) in [6.07, 6.45) is 2.06. The molecule has 2 bridgehead atoms. The molecular weight excluding hydrogens is 180 g/mol. The van der Waals surface area contributed by atoms with Crippen LogP contribution in [-0.4, -0.2) is 24.3 Å². The Morgan fingerprint density at radius 3 is 2.50 bits per heavy atom. The van der Waals surface area contributed by atoms with E-state index in [-0.39, 0.29) is 11.4 Å². The maximum absolute atomic E-state index is 11.8. The second-order valence-corrected chi connectivity index (χ2v) is 5.17. The normalized spacial score (nSPS) is 44.0. The molecule has 0 aromatic heterocycles. The Labute approximate surface area is 84.4 Å². The average Bonchev–Trinajstić information content (AvgIpc) is 2.49. The van der Waals surface area contributed by atoms with Crippen molar-refractivity contribution in [3.8, 4) is 0 Å². The molecule has 0 amide bonds. The van der Waals surface area contributed by atoms with Gasteiger partial charge in [-0.2, -0.15) is 0 Å². The molecule has 14 heavy (non-hydrogen) atoms. The summed E-state index contributed by atoms with van der Waals surface area (Å²) in [7, 11) is 1.41. The van der Waals surface area contributed by atoms with Crippen LogP contribution in [0.5, 0.6) is 0 Å². The lowest BCUT2D eigenvalue weighted by Crippen LogP contribution is -2.46. The van der Waals surface area contributed by atoms with Gasteiger partial charge < -0.3 is 9.84 Å². The molecule has 1 N–H and O–H groups in total. The van der Waals surface area contributed by atoms with E-state index in [9.17, 15) is 9.90 Å². The van der Waals surface area contributed by atoms with Crippen molar-refractivity contribution in [1.29, 1.82) is 0 Å². The highest BCUT2D eigenvalue weighted by Crippen LogP contribution is 2.66. The van der Waals surface area contributed by atoms with Crippen LogP contribution >= 0.6 is 0 Å². The van der Waals surface area contributed by atoms with Gasteiger partial charge in [0.15, 0.2) is 0 Å². The molecule has 0 heterocycles. The zero-order valence-electron chi connectivity index (χ0n) is 9.04. The smallest absolute Gasteiger partial charge is 0.314 e. The second kappa shape index (κ2) is 2.72. The van der Waals surface area contributed by atoms with Crippen LogP contribution in [0.25, 0.3) is 0 Å². The maximum atomic E-state index is 11.8. The number of hydrogen-bond acceptors (Lipinski definition) is 3. The number of carbonyl (C=O) groups is 1. The Hall–Kier alpha value is -0.570. The third-order valence-electron chi connectivity index (χ3n) is 4.68. The average molecular weight is 198 g/mol. The highest BCUT2D eigenvalue weighted by atomic mass is 16.5. The summed E-state index contributed by atoms with van der Waals surface area (Å²) in [6.45, 7) is 4.16. The molecule has 0 spiro atoms. The third-order valence-corrected chi connectivity index (χ3v) is 4.68. The molecule has 0 aromatic rings. The minimum Gasteiger partial charge on any atom is -0.469 e. The van der Waals surface area contributed by atoms with Gasteiger partial charge in [0.1, 0.15) is 0 Å². The highest BCUT2D eigenvalue weighted by Gasteiger charge is 2.68. The van der Waals surface area contributed by atoms with Gasteiger partial charge in [0.25, 0.3) is 0 Å². The van der Waals surface area contributed by atoms with Crippen LogP contribution in [0.1, 0.15) is 33.1 Å². The fourth-order valence-electron chi connectivity index (χ4n) is 3.61. The van der Waals surface area contributed by atoms with E-state index in [0.717, 1.165) is 19.3 Å². The molecule has 2 saturated carbocycles. The number of ether oxygens (including phenoxy) is 1. The van der Waals surface area contributed by atoms with Gasteiger partial charge >= 0.3 is 5.97 Å². The highest BCUT2D eigenvalue weighted by molar-refractivity contribution is 5.80. The van der Waals surface area contributed by atoms with E-state index in [1.54, 1.807) is 0 Å². The van der Waals surface area contributed by atoms with Gasteiger partial charge in [0, 0.05) is 0 Å². The van der Waals surface area contributed by atoms with Crippen LogP contribution < -0.4 is 0 Å². The van der Waals surface area contributed by atoms with E-state index in [2.05, 4.69) is 13.8 Å². The quantitative estimate of drug-likeness (QED) is 0.647. The lowest BCUT2D eigenvalue weighted by Gasteiger charge is -2.37. The molecular formula is C11H18O3. The molecule has 80 valence electrons. The predicted octanol–water partition coefficient (Wildman–Crippen LogP) is 1.35. The first kappa shape index (κ1) is 9.97. The molecule has 0 aromatic carbocycles. The molecule has 2 aliphatic rings. The van der Waals surface area contributed by atoms with E-state index in [0.29, 0.717) is 5.92 Å². The van der Waals surface area contributed by atoms with Crippen molar-refractivity contribution in [3.63, 3.8) is 0 Å².